The van der Waals surface area contributed by atoms with Crippen LogP contribution >= 0.6 is 0 Å². The number of rotatable bonds is 1. The minimum Gasteiger partial charge on any atom is -0.329 e. The maximum absolute atomic E-state index is 12.9. The lowest BCUT2D eigenvalue weighted by atomic mass is 10.2. The summed E-state index contributed by atoms with van der Waals surface area (Å²) in [5.41, 5.74) is 2.59. The van der Waals surface area contributed by atoms with Gasteiger partial charge in [-0.25, -0.2) is 9.97 Å². The van der Waals surface area contributed by atoms with Crippen molar-refractivity contribution in [3.05, 3.63) is 65.3 Å². The van der Waals surface area contributed by atoms with E-state index >= 15 is 0 Å². The fourth-order valence-electron chi connectivity index (χ4n) is 2.66. The van der Waals surface area contributed by atoms with Gasteiger partial charge in [0.05, 0.1) is 12.0 Å². The van der Waals surface area contributed by atoms with Crippen LogP contribution in [0.4, 0.5) is 0 Å². The van der Waals surface area contributed by atoms with E-state index in [9.17, 15) is 4.79 Å². The van der Waals surface area contributed by atoms with Crippen LogP contribution in [0.15, 0.2) is 59.8 Å². The normalized spacial score (nSPS) is 11.3. The smallest absolute Gasteiger partial charge is 0.282 e. The van der Waals surface area contributed by atoms with Gasteiger partial charge in [0.15, 0.2) is 0 Å². The van der Waals surface area contributed by atoms with Crippen molar-refractivity contribution in [2.75, 3.05) is 0 Å². The third kappa shape index (κ3) is 1.61. The van der Waals surface area contributed by atoms with Gasteiger partial charge in [0.25, 0.3) is 5.56 Å². The zero-order valence-corrected chi connectivity index (χ0v) is 11.4. The summed E-state index contributed by atoms with van der Waals surface area (Å²) in [5, 5.41) is 0.872. The molecule has 102 valence electrons. The summed E-state index contributed by atoms with van der Waals surface area (Å²) in [6, 6.07) is 13.3. The Bertz CT molecular complexity index is 1010. The molecule has 3 heterocycles. The molecular formula is C16H12N4O. The molecule has 0 aliphatic rings. The van der Waals surface area contributed by atoms with Gasteiger partial charge in [-0.15, -0.1) is 0 Å². The number of benzene rings is 1. The average Bonchev–Trinajstić information content (AvgIpc) is 2.91. The number of imidazole rings is 1. The third-order valence-corrected chi connectivity index (χ3v) is 3.61. The molecule has 0 N–H and O–H groups in total. The molecule has 4 aromatic rings. The lowest BCUT2D eigenvalue weighted by Crippen LogP contribution is -2.21. The second-order valence-electron chi connectivity index (χ2n) is 4.90. The van der Waals surface area contributed by atoms with Crippen LogP contribution in [0, 0.1) is 0 Å². The number of hydrogen-bond donors (Lipinski definition) is 0. The fourth-order valence-corrected chi connectivity index (χ4v) is 2.66. The quantitative estimate of drug-likeness (QED) is 0.536. The SMILES string of the molecule is Cn1cnc2c3cccnc3n(-c3ccccc3)c(=O)c21. The summed E-state index contributed by atoms with van der Waals surface area (Å²) in [7, 11) is 1.83. The Kier molecular flexibility index (Phi) is 2.41. The van der Waals surface area contributed by atoms with E-state index < -0.39 is 0 Å². The van der Waals surface area contributed by atoms with Crippen LogP contribution in [0.2, 0.25) is 0 Å². The number of hydrogen-bond acceptors (Lipinski definition) is 3. The van der Waals surface area contributed by atoms with E-state index in [1.54, 1.807) is 21.7 Å². The van der Waals surface area contributed by atoms with E-state index in [-0.39, 0.29) is 5.56 Å². The van der Waals surface area contributed by atoms with Gasteiger partial charge in [0.2, 0.25) is 0 Å². The molecule has 0 fully saturated rings. The van der Waals surface area contributed by atoms with Crippen LogP contribution in [0.3, 0.4) is 0 Å². The van der Waals surface area contributed by atoms with Crippen LogP contribution in [0.1, 0.15) is 0 Å². The van der Waals surface area contributed by atoms with Crippen molar-refractivity contribution < 1.29 is 0 Å². The van der Waals surface area contributed by atoms with Crippen molar-refractivity contribution >= 4 is 22.1 Å². The molecule has 3 aromatic heterocycles. The van der Waals surface area contributed by atoms with Crippen molar-refractivity contribution in [2.45, 2.75) is 0 Å². The lowest BCUT2D eigenvalue weighted by molar-refractivity contribution is 0.925. The molecule has 0 aliphatic heterocycles. The summed E-state index contributed by atoms with van der Waals surface area (Å²) in [6.45, 7) is 0. The molecule has 0 radical (unpaired) electrons. The predicted octanol–water partition coefficient (Wildman–Crippen LogP) is 2.27. The van der Waals surface area contributed by atoms with E-state index in [4.69, 9.17) is 0 Å². The first-order chi connectivity index (χ1) is 10.3. The first kappa shape index (κ1) is 11.8. The van der Waals surface area contributed by atoms with Crippen LogP contribution in [0.25, 0.3) is 27.8 Å². The molecule has 4 rings (SSSR count). The topological polar surface area (TPSA) is 52.7 Å². The molecule has 0 saturated heterocycles. The molecule has 0 amide bonds. The van der Waals surface area contributed by atoms with Crippen LogP contribution in [0.5, 0.6) is 0 Å². The van der Waals surface area contributed by atoms with Gasteiger partial charge >= 0.3 is 0 Å². The molecule has 5 heteroatoms. The van der Waals surface area contributed by atoms with Gasteiger partial charge in [-0.05, 0) is 24.3 Å². The largest absolute Gasteiger partial charge is 0.329 e. The van der Waals surface area contributed by atoms with E-state index in [1.807, 2.05) is 49.5 Å². The highest BCUT2D eigenvalue weighted by molar-refractivity contribution is 6.01. The van der Waals surface area contributed by atoms with Gasteiger partial charge in [0.1, 0.15) is 16.7 Å². The van der Waals surface area contributed by atoms with Gasteiger partial charge < -0.3 is 4.57 Å². The van der Waals surface area contributed by atoms with Gasteiger partial charge in [-0.2, -0.15) is 0 Å². The second-order valence-corrected chi connectivity index (χ2v) is 4.90. The minimum atomic E-state index is -0.109. The molecule has 0 saturated carbocycles. The van der Waals surface area contributed by atoms with Crippen molar-refractivity contribution in [3.8, 4) is 5.69 Å². The highest BCUT2D eigenvalue weighted by Gasteiger charge is 2.15. The molecule has 0 spiro atoms. The fraction of sp³-hybridized carbons (Fsp3) is 0.0625. The first-order valence-electron chi connectivity index (χ1n) is 6.63. The number of nitrogens with zero attached hydrogens (tertiary/aromatic N) is 4. The molecule has 1 aromatic carbocycles. The summed E-state index contributed by atoms with van der Waals surface area (Å²) in [6.07, 6.45) is 3.35. The second kappa shape index (κ2) is 4.28. The summed E-state index contributed by atoms with van der Waals surface area (Å²) >= 11 is 0. The zero-order valence-electron chi connectivity index (χ0n) is 11.4. The summed E-state index contributed by atoms with van der Waals surface area (Å²) in [5.74, 6) is 0. The highest BCUT2D eigenvalue weighted by Crippen LogP contribution is 2.21. The Hall–Kier alpha value is -2.95. The number of fused-ring (bicyclic) bond motifs is 3. The molecule has 5 nitrogen and oxygen atoms in total. The summed E-state index contributed by atoms with van der Waals surface area (Å²) < 4.78 is 3.39. The van der Waals surface area contributed by atoms with Crippen molar-refractivity contribution in [2.24, 2.45) is 7.05 Å². The maximum Gasteiger partial charge on any atom is 0.282 e. The molecule has 21 heavy (non-hydrogen) atoms. The van der Waals surface area contributed by atoms with Crippen LogP contribution in [-0.4, -0.2) is 19.1 Å². The third-order valence-electron chi connectivity index (χ3n) is 3.61. The Labute approximate surface area is 120 Å². The first-order valence-corrected chi connectivity index (χ1v) is 6.63. The number of aromatic nitrogens is 4. The monoisotopic (exact) mass is 276 g/mol. The summed E-state index contributed by atoms with van der Waals surface area (Å²) in [4.78, 5) is 21.6. The van der Waals surface area contributed by atoms with E-state index in [2.05, 4.69) is 9.97 Å². The number of pyridine rings is 2. The molecule has 0 unspecified atom stereocenters. The standard InChI is InChI=1S/C16H12N4O/c1-19-10-18-13-12-8-5-9-17-15(12)20(16(21)14(13)19)11-6-3-2-4-7-11/h2-10H,1H3. The number of para-hydroxylation sites is 1. The molecular weight excluding hydrogens is 264 g/mol. The average molecular weight is 276 g/mol. The predicted molar refractivity (Wildman–Crippen MR) is 81.6 cm³/mol. The van der Waals surface area contributed by atoms with Crippen LogP contribution in [-0.2, 0) is 7.05 Å². The van der Waals surface area contributed by atoms with Crippen molar-refractivity contribution in [1.29, 1.82) is 0 Å². The van der Waals surface area contributed by atoms with E-state index in [0.717, 1.165) is 11.1 Å². The Morgan fingerprint density at radius 2 is 1.81 bits per heavy atom. The lowest BCUT2D eigenvalue weighted by Gasteiger charge is -2.10. The molecule has 0 bridgehead atoms. The number of aryl methyl sites for hydroxylation is 1. The maximum atomic E-state index is 12.9. The van der Waals surface area contributed by atoms with Crippen LogP contribution < -0.4 is 5.56 Å². The van der Waals surface area contributed by atoms with Gasteiger partial charge in [0, 0.05) is 18.6 Å². The zero-order chi connectivity index (χ0) is 14.4. The Balaban J connectivity index is 2.30. The van der Waals surface area contributed by atoms with E-state index in [0.29, 0.717) is 16.7 Å². The Morgan fingerprint density at radius 1 is 1.00 bits per heavy atom. The Morgan fingerprint density at radius 3 is 2.62 bits per heavy atom. The highest BCUT2D eigenvalue weighted by atomic mass is 16.1. The van der Waals surface area contributed by atoms with Gasteiger partial charge in [-0.3, -0.25) is 9.36 Å². The minimum absolute atomic E-state index is 0.109. The van der Waals surface area contributed by atoms with Crippen molar-refractivity contribution in [3.63, 3.8) is 0 Å². The molecule has 0 atom stereocenters. The van der Waals surface area contributed by atoms with Gasteiger partial charge in [-0.1, -0.05) is 18.2 Å². The molecule has 0 aliphatic carbocycles. The van der Waals surface area contributed by atoms with E-state index in [1.165, 1.54) is 0 Å². The van der Waals surface area contributed by atoms with Crippen molar-refractivity contribution in [1.82, 2.24) is 19.1 Å².